The molecule has 1 aromatic carbocycles. The normalized spacial score (nSPS) is 14.5. The van der Waals surface area contributed by atoms with Gasteiger partial charge in [-0.2, -0.15) is 0 Å². The zero-order valence-corrected chi connectivity index (χ0v) is 11.2. The van der Waals surface area contributed by atoms with Crippen LogP contribution in [0.2, 0.25) is 5.02 Å². The maximum Gasteiger partial charge on any atom is 0.128 e. The van der Waals surface area contributed by atoms with E-state index in [9.17, 15) is 9.50 Å². The topological polar surface area (TPSA) is 55.5 Å². The van der Waals surface area contributed by atoms with Crippen LogP contribution in [0.3, 0.4) is 0 Å². The third kappa shape index (κ3) is 3.92. The highest BCUT2D eigenvalue weighted by atomic mass is 35.5. The maximum atomic E-state index is 13.8. The molecule has 0 aliphatic rings. The standard InChI is InChI=1S/C13H19ClFNO2/c1-2-18-7-6-12(17)9(8-16)13-10(14)4-3-5-11(13)15/h3-5,9,12,17H,2,6-8,16H2,1H3. The second-order valence-corrected chi connectivity index (χ2v) is 4.44. The average molecular weight is 276 g/mol. The van der Waals surface area contributed by atoms with E-state index in [1.165, 1.54) is 12.1 Å². The molecule has 1 rings (SSSR count). The number of aliphatic hydroxyl groups is 1. The molecule has 18 heavy (non-hydrogen) atoms. The minimum Gasteiger partial charge on any atom is -0.392 e. The molecular formula is C13H19ClFNO2. The summed E-state index contributed by atoms with van der Waals surface area (Å²) in [5, 5.41) is 10.3. The molecule has 0 fully saturated rings. The fraction of sp³-hybridized carbons (Fsp3) is 0.538. The highest BCUT2D eigenvalue weighted by Crippen LogP contribution is 2.30. The molecule has 0 aliphatic heterocycles. The van der Waals surface area contributed by atoms with Crippen molar-refractivity contribution in [1.82, 2.24) is 0 Å². The fourth-order valence-corrected chi connectivity index (χ4v) is 2.19. The summed E-state index contributed by atoms with van der Waals surface area (Å²) in [5.41, 5.74) is 5.90. The quantitative estimate of drug-likeness (QED) is 0.751. The summed E-state index contributed by atoms with van der Waals surface area (Å²) in [6.07, 6.45) is -0.364. The van der Waals surface area contributed by atoms with E-state index in [1.807, 2.05) is 6.92 Å². The van der Waals surface area contributed by atoms with Crippen LogP contribution in [-0.4, -0.2) is 31.0 Å². The minimum atomic E-state index is -0.768. The van der Waals surface area contributed by atoms with E-state index in [0.29, 0.717) is 24.7 Å². The molecule has 1 aromatic rings. The van der Waals surface area contributed by atoms with E-state index < -0.39 is 17.8 Å². The lowest BCUT2D eigenvalue weighted by Crippen LogP contribution is -2.28. The summed E-state index contributed by atoms with van der Waals surface area (Å²) in [7, 11) is 0. The zero-order valence-electron chi connectivity index (χ0n) is 10.4. The third-order valence-electron chi connectivity index (χ3n) is 2.85. The molecule has 0 heterocycles. The van der Waals surface area contributed by atoms with Gasteiger partial charge in [0.2, 0.25) is 0 Å². The van der Waals surface area contributed by atoms with Crippen molar-refractivity contribution < 1.29 is 14.2 Å². The van der Waals surface area contributed by atoms with Crippen molar-refractivity contribution in [1.29, 1.82) is 0 Å². The Labute approximate surface area is 112 Å². The second kappa shape index (κ2) is 7.69. The van der Waals surface area contributed by atoms with Gasteiger partial charge in [0.25, 0.3) is 0 Å². The summed E-state index contributed by atoms with van der Waals surface area (Å²) >= 11 is 5.97. The molecule has 2 atom stereocenters. The molecular weight excluding hydrogens is 257 g/mol. The predicted molar refractivity (Wildman–Crippen MR) is 70.3 cm³/mol. The lowest BCUT2D eigenvalue weighted by Gasteiger charge is -2.23. The largest absolute Gasteiger partial charge is 0.392 e. The highest BCUT2D eigenvalue weighted by molar-refractivity contribution is 6.31. The predicted octanol–water partition coefficient (Wildman–Crippen LogP) is 2.31. The van der Waals surface area contributed by atoms with Gasteiger partial charge in [-0.1, -0.05) is 17.7 Å². The molecule has 0 saturated heterocycles. The van der Waals surface area contributed by atoms with Gasteiger partial charge in [-0.05, 0) is 25.5 Å². The molecule has 102 valence electrons. The Balaban J connectivity index is 2.82. The number of benzene rings is 1. The SMILES string of the molecule is CCOCCC(O)C(CN)c1c(F)cccc1Cl. The zero-order chi connectivity index (χ0) is 13.5. The Morgan fingerprint density at radius 3 is 2.78 bits per heavy atom. The first-order chi connectivity index (χ1) is 8.61. The minimum absolute atomic E-state index is 0.133. The van der Waals surface area contributed by atoms with Crippen molar-refractivity contribution in [2.24, 2.45) is 5.73 Å². The number of rotatable bonds is 7. The van der Waals surface area contributed by atoms with Crippen LogP contribution < -0.4 is 5.73 Å². The number of ether oxygens (including phenoxy) is 1. The summed E-state index contributed by atoms with van der Waals surface area (Å²) in [6, 6.07) is 4.44. The van der Waals surface area contributed by atoms with Gasteiger partial charge >= 0.3 is 0 Å². The first-order valence-electron chi connectivity index (χ1n) is 6.01. The molecule has 2 unspecified atom stereocenters. The van der Waals surface area contributed by atoms with Crippen LogP contribution >= 0.6 is 11.6 Å². The van der Waals surface area contributed by atoms with Crippen molar-refractivity contribution in [3.05, 3.63) is 34.6 Å². The van der Waals surface area contributed by atoms with Gasteiger partial charge in [0, 0.05) is 36.3 Å². The Kier molecular flexibility index (Phi) is 6.57. The van der Waals surface area contributed by atoms with Gasteiger partial charge in [-0.25, -0.2) is 4.39 Å². The molecule has 3 N–H and O–H groups in total. The van der Waals surface area contributed by atoms with Crippen molar-refractivity contribution >= 4 is 11.6 Å². The van der Waals surface area contributed by atoms with Gasteiger partial charge in [-0.15, -0.1) is 0 Å². The van der Waals surface area contributed by atoms with Crippen LogP contribution in [0.4, 0.5) is 4.39 Å². The molecule has 0 bridgehead atoms. The van der Waals surface area contributed by atoms with E-state index in [1.54, 1.807) is 6.07 Å². The van der Waals surface area contributed by atoms with E-state index in [-0.39, 0.29) is 12.1 Å². The Bertz CT molecular complexity index is 356. The summed E-state index contributed by atoms with van der Waals surface area (Å²) < 4.78 is 18.9. The Morgan fingerprint density at radius 2 is 2.22 bits per heavy atom. The van der Waals surface area contributed by atoms with Crippen molar-refractivity contribution in [3.8, 4) is 0 Å². The number of hydrogen-bond donors (Lipinski definition) is 2. The smallest absolute Gasteiger partial charge is 0.128 e. The van der Waals surface area contributed by atoms with Crippen LogP contribution in [0.25, 0.3) is 0 Å². The second-order valence-electron chi connectivity index (χ2n) is 4.03. The van der Waals surface area contributed by atoms with E-state index in [2.05, 4.69) is 0 Å². The van der Waals surface area contributed by atoms with Gasteiger partial charge in [0.1, 0.15) is 5.82 Å². The molecule has 3 nitrogen and oxygen atoms in total. The van der Waals surface area contributed by atoms with Gasteiger partial charge in [-0.3, -0.25) is 0 Å². The molecule has 0 spiro atoms. The van der Waals surface area contributed by atoms with E-state index in [4.69, 9.17) is 22.1 Å². The van der Waals surface area contributed by atoms with E-state index >= 15 is 0 Å². The van der Waals surface area contributed by atoms with E-state index in [0.717, 1.165) is 0 Å². The number of hydrogen-bond acceptors (Lipinski definition) is 3. The molecule has 0 aliphatic carbocycles. The highest BCUT2D eigenvalue weighted by Gasteiger charge is 2.24. The van der Waals surface area contributed by atoms with Gasteiger partial charge in [0.05, 0.1) is 6.10 Å². The van der Waals surface area contributed by atoms with Crippen LogP contribution in [0.5, 0.6) is 0 Å². The van der Waals surface area contributed by atoms with Gasteiger partial charge < -0.3 is 15.6 Å². The van der Waals surface area contributed by atoms with Crippen molar-refractivity contribution in [2.75, 3.05) is 19.8 Å². The Hall–Kier alpha value is -0.680. The molecule has 0 saturated carbocycles. The van der Waals surface area contributed by atoms with Crippen LogP contribution in [-0.2, 0) is 4.74 Å². The van der Waals surface area contributed by atoms with Gasteiger partial charge in [0.15, 0.2) is 0 Å². The lowest BCUT2D eigenvalue weighted by molar-refractivity contribution is 0.0745. The number of aliphatic hydroxyl groups excluding tert-OH is 1. The first kappa shape index (κ1) is 15.4. The molecule has 0 radical (unpaired) electrons. The summed E-state index contributed by atoms with van der Waals surface area (Å²) in [5.74, 6) is -0.951. The average Bonchev–Trinajstić information content (AvgIpc) is 2.34. The third-order valence-corrected chi connectivity index (χ3v) is 3.18. The fourth-order valence-electron chi connectivity index (χ4n) is 1.88. The molecule has 5 heteroatoms. The summed E-state index contributed by atoms with van der Waals surface area (Å²) in [4.78, 5) is 0. The summed E-state index contributed by atoms with van der Waals surface area (Å²) in [6.45, 7) is 3.01. The molecule has 0 amide bonds. The van der Waals surface area contributed by atoms with Crippen LogP contribution in [0.15, 0.2) is 18.2 Å². The van der Waals surface area contributed by atoms with Crippen molar-refractivity contribution in [3.63, 3.8) is 0 Å². The van der Waals surface area contributed by atoms with Crippen molar-refractivity contribution in [2.45, 2.75) is 25.4 Å². The first-order valence-corrected chi connectivity index (χ1v) is 6.39. The monoisotopic (exact) mass is 275 g/mol. The molecule has 0 aromatic heterocycles. The van der Waals surface area contributed by atoms with Crippen LogP contribution in [0.1, 0.15) is 24.8 Å². The number of nitrogens with two attached hydrogens (primary N) is 1. The maximum absolute atomic E-state index is 13.8. The lowest BCUT2D eigenvalue weighted by atomic mass is 9.91. The Morgan fingerprint density at radius 1 is 1.50 bits per heavy atom. The number of halogens is 2. The van der Waals surface area contributed by atoms with Crippen LogP contribution in [0, 0.1) is 5.82 Å².